The van der Waals surface area contributed by atoms with Crippen molar-refractivity contribution in [2.45, 2.75) is 12.4 Å². The smallest absolute Gasteiger partial charge is 0.297 e. The Balaban J connectivity index is 1.92. The fourth-order valence-corrected chi connectivity index (χ4v) is 3.09. The van der Waals surface area contributed by atoms with Crippen LogP contribution < -0.4 is 5.32 Å². The van der Waals surface area contributed by atoms with E-state index in [-0.39, 0.29) is 5.13 Å². The predicted molar refractivity (Wildman–Crippen MR) is 108 cm³/mol. The van der Waals surface area contributed by atoms with Crippen LogP contribution in [0.25, 0.3) is 5.57 Å². The summed E-state index contributed by atoms with van der Waals surface area (Å²) >= 11 is 1.10. The molecule has 0 spiro atoms. The highest BCUT2D eigenvalue weighted by Crippen LogP contribution is 2.33. The predicted octanol–water partition coefficient (Wildman–Crippen LogP) is 6.20. The van der Waals surface area contributed by atoms with Gasteiger partial charge in [0, 0.05) is 6.08 Å². The number of carbonyl (C=O) groups is 1. The van der Waals surface area contributed by atoms with Crippen molar-refractivity contribution in [3.63, 3.8) is 0 Å². The average molecular weight is 469 g/mol. The number of allylic oxidation sites excluding steroid dienone is 2. The van der Waals surface area contributed by atoms with Gasteiger partial charge in [-0.1, -0.05) is 47.8 Å². The van der Waals surface area contributed by atoms with E-state index < -0.39 is 29.4 Å². The van der Waals surface area contributed by atoms with Crippen LogP contribution in [0, 0.1) is 0 Å². The Bertz CT molecular complexity index is 1060. The summed E-state index contributed by atoms with van der Waals surface area (Å²) in [5, 5.41) is 9.96. The first kappa shape index (κ1) is 23.2. The van der Waals surface area contributed by atoms with Gasteiger partial charge in [0.25, 0.3) is 0 Å². The lowest BCUT2D eigenvalue weighted by molar-refractivity contribution is -0.138. The molecule has 166 valence electrons. The second-order valence-corrected chi connectivity index (χ2v) is 7.16. The number of halogens is 6. The van der Waals surface area contributed by atoms with Gasteiger partial charge in [-0.25, -0.2) is 0 Å². The van der Waals surface area contributed by atoms with Gasteiger partial charge in [-0.2, -0.15) is 26.3 Å². The minimum atomic E-state index is -4.53. The van der Waals surface area contributed by atoms with Crippen molar-refractivity contribution in [3.05, 3.63) is 94.5 Å². The molecule has 1 aromatic heterocycles. The molecule has 0 atom stereocenters. The van der Waals surface area contributed by atoms with Gasteiger partial charge in [0.1, 0.15) is 5.51 Å². The highest BCUT2D eigenvalue weighted by molar-refractivity contribution is 7.13. The van der Waals surface area contributed by atoms with Gasteiger partial charge in [0.2, 0.25) is 11.0 Å². The SMILES string of the molecule is O=C(/C=C/C=C(c1ccc(C(F)(F)F)cc1)c1ccc(C(F)(F)F)cc1)Nc1nncs1. The molecule has 1 amide bonds. The van der Waals surface area contributed by atoms with Crippen molar-refractivity contribution in [1.29, 1.82) is 0 Å². The van der Waals surface area contributed by atoms with E-state index in [1.807, 2.05) is 0 Å². The lowest BCUT2D eigenvalue weighted by Gasteiger charge is -2.12. The molecule has 0 aliphatic rings. The number of benzene rings is 2. The monoisotopic (exact) mass is 469 g/mol. The Kier molecular flexibility index (Phi) is 6.78. The third-order valence-electron chi connectivity index (χ3n) is 4.15. The number of carbonyl (C=O) groups excluding carboxylic acids is 1. The standard InChI is InChI=1S/C21H13F6N3OS/c22-20(23,24)15-8-4-13(5-9-15)17(14-6-10-16(11-7-14)21(25,26)27)2-1-3-18(31)29-19-30-28-12-32-19/h1-12H,(H,29,30,31)/b3-1+. The molecule has 0 radical (unpaired) electrons. The molecule has 0 unspecified atom stereocenters. The fraction of sp³-hybridized carbons (Fsp3) is 0.0952. The first-order valence-electron chi connectivity index (χ1n) is 8.85. The number of rotatable bonds is 5. The lowest BCUT2D eigenvalue weighted by atomic mass is 9.95. The zero-order valence-electron chi connectivity index (χ0n) is 15.9. The molecular formula is C21H13F6N3OS. The largest absolute Gasteiger partial charge is 0.416 e. The maximum Gasteiger partial charge on any atom is 0.416 e. The third kappa shape index (κ3) is 6.03. The first-order valence-corrected chi connectivity index (χ1v) is 9.73. The lowest BCUT2D eigenvalue weighted by Crippen LogP contribution is -2.07. The molecule has 0 aliphatic heterocycles. The van der Waals surface area contributed by atoms with Crippen LogP contribution in [0.3, 0.4) is 0 Å². The van der Waals surface area contributed by atoms with Gasteiger partial charge in [-0.3, -0.25) is 10.1 Å². The quantitative estimate of drug-likeness (QED) is 0.275. The zero-order chi connectivity index (χ0) is 23.4. The van der Waals surface area contributed by atoms with Crippen molar-refractivity contribution in [2.75, 3.05) is 5.32 Å². The van der Waals surface area contributed by atoms with E-state index in [9.17, 15) is 31.1 Å². The van der Waals surface area contributed by atoms with E-state index in [0.717, 1.165) is 41.7 Å². The molecule has 1 heterocycles. The summed E-state index contributed by atoms with van der Waals surface area (Å²) in [6, 6.07) is 8.34. The number of hydrogen-bond acceptors (Lipinski definition) is 4. The molecule has 11 heteroatoms. The van der Waals surface area contributed by atoms with E-state index in [2.05, 4.69) is 15.5 Å². The van der Waals surface area contributed by atoms with Crippen LogP contribution in [-0.2, 0) is 17.1 Å². The van der Waals surface area contributed by atoms with E-state index in [0.29, 0.717) is 16.7 Å². The fourth-order valence-electron chi connectivity index (χ4n) is 2.64. The summed E-state index contributed by atoms with van der Waals surface area (Å²) in [7, 11) is 0. The minimum Gasteiger partial charge on any atom is -0.297 e. The van der Waals surface area contributed by atoms with Crippen LogP contribution in [0.2, 0.25) is 0 Å². The molecule has 4 nitrogen and oxygen atoms in total. The molecule has 0 saturated heterocycles. The van der Waals surface area contributed by atoms with Crippen LogP contribution in [0.1, 0.15) is 22.3 Å². The molecule has 0 aliphatic carbocycles. The van der Waals surface area contributed by atoms with Crippen LogP contribution in [-0.4, -0.2) is 16.1 Å². The first-order chi connectivity index (χ1) is 15.0. The second kappa shape index (κ2) is 9.35. The summed E-state index contributed by atoms with van der Waals surface area (Å²) in [6.07, 6.45) is -5.15. The van der Waals surface area contributed by atoms with Crippen molar-refractivity contribution in [1.82, 2.24) is 10.2 Å². The maximum atomic E-state index is 12.9. The molecular weight excluding hydrogens is 456 g/mol. The summed E-state index contributed by atoms with van der Waals surface area (Å²) in [5.41, 5.74) is 0.679. The molecule has 1 N–H and O–H groups in total. The van der Waals surface area contributed by atoms with Gasteiger partial charge in [-0.05, 0) is 41.0 Å². The molecule has 3 aromatic rings. The van der Waals surface area contributed by atoms with Crippen molar-refractivity contribution < 1.29 is 31.1 Å². The van der Waals surface area contributed by atoms with Crippen LogP contribution >= 0.6 is 11.3 Å². The minimum absolute atomic E-state index is 0.273. The van der Waals surface area contributed by atoms with Crippen LogP contribution in [0.4, 0.5) is 31.5 Å². The molecule has 3 rings (SSSR count). The number of nitrogens with zero attached hydrogens (tertiary/aromatic N) is 2. The number of aromatic nitrogens is 2. The topological polar surface area (TPSA) is 54.9 Å². The normalized spacial score (nSPS) is 12.1. The molecule has 0 bridgehead atoms. The molecule has 32 heavy (non-hydrogen) atoms. The highest BCUT2D eigenvalue weighted by atomic mass is 32.1. The van der Waals surface area contributed by atoms with E-state index >= 15 is 0 Å². The summed E-state index contributed by atoms with van der Waals surface area (Å²) in [5.74, 6) is -0.530. The van der Waals surface area contributed by atoms with Crippen LogP contribution in [0.15, 0.2) is 72.3 Å². The number of anilines is 1. The zero-order valence-corrected chi connectivity index (χ0v) is 16.7. The number of alkyl halides is 6. The Labute approximate surface area is 181 Å². The number of hydrogen-bond donors (Lipinski definition) is 1. The van der Waals surface area contributed by atoms with Gasteiger partial charge in [-0.15, -0.1) is 10.2 Å². The van der Waals surface area contributed by atoms with Crippen LogP contribution in [0.5, 0.6) is 0 Å². The number of nitrogens with one attached hydrogen (secondary N) is 1. The average Bonchev–Trinajstić information content (AvgIpc) is 3.23. The maximum absolute atomic E-state index is 12.9. The Morgan fingerprint density at radius 1 is 0.844 bits per heavy atom. The molecule has 0 saturated carbocycles. The van der Waals surface area contributed by atoms with E-state index in [4.69, 9.17) is 0 Å². The van der Waals surface area contributed by atoms with Crippen molar-refractivity contribution >= 4 is 27.9 Å². The van der Waals surface area contributed by atoms with Gasteiger partial charge >= 0.3 is 12.4 Å². The third-order valence-corrected chi connectivity index (χ3v) is 4.75. The van der Waals surface area contributed by atoms with E-state index in [1.54, 1.807) is 0 Å². The Morgan fingerprint density at radius 2 is 1.34 bits per heavy atom. The van der Waals surface area contributed by atoms with Crippen molar-refractivity contribution in [3.8, 4) is 0 Å². The summed E-state index contributed by atoms with van der Waals surface area (Å²) in [4.78, 5) is 11.9. The summed E-state index contributed by atoms with van der Waals surface area (Å²) in [6.45, 7) is 0. The Hall–Kier alpha value is -3.47. The van der Waals surface area contributed by atoms with Crippen molar-refractivity contribution in [2.24, 2.45) is 0 Å². The number of amides is 1. The second-order valence-electron chi connectivity index (χ2n) is 6.32. The molecule has 0 fully saturated rings. The van der Waals surface area contributed by atoms with Gasteiger partial charge < -0.3 is 0 Å². The van der Waals surface area contributed by atoms with E-state index in [1.165, 1.54) is 41.9 Å². The highest BCUT2D eigenvalue weighted by Gasteiger charge is 2.31. The summed E-state index contributed by atoms with van der Waals surface area (Å²) < 4.78 is 77.2. The van der Waals surface area contributed by atoms with Gasteiger partial charge in [0.05, 0.1) is 11.1 Å². The van der Waals surface area contributed by atoms with Gasteiger partial charge in [0.15, 0.2) is 0 Å². The Morgan fingerprint density at radius 3 is 1.75 bits per heavy atom. The molecule has 2 aromatic carbocycles.